The third-order valence-electron chi connectivity index (χ3n) is 2.83. The lowest BCUT2D eigenvalue weighted by atomic mass is 10.2. The summed E-state index contributed by atoms with van der Waals surface area (Å²) in [5.74, 6) is 0. The van der Waals surface area contributed by atoms with Gasteiger partial charge in [0.15, 0.2) is 0 Å². The van der Waals surface area contributed by atoms with Gasteiger partial charge in [0.25, 0.3) is 0 Å². The maximum absolute atomic E-state index is 3.63. The molecule has 0 amide bonds. The minimum atomic E-state index is 0.774. The van der Waals surface area contributed by atoms with Gasteiger partial charge in [0.2, 0.25) is 0 Å². The van der Waals surface area contributed by atoms with E-state index in [1.807, 2.05) is 11.3 Å². The fourth-order valence-electron chi connectivity index (χ4n) is 1.98. The van der Waals surface area contributed by atoms with Gasteiger partial charge in [-0.05, 0) is 41.8 Å². The summed E-state index contributed by atoms with van der Waals surface area (Å²) in [4.78, 5) is 2.83. The van der Waals surface area contributed by atoms with Gasteiger partial charge in [0.05, 0.1) is 0 Å². The smallest absolute Gasteiger partial charge is 0.0314 e. The maximum atomic E-state index is 3.63. The molecule has 1 fully saturated rings. The molecule has 78 valence electrons. The lowest BCUT2D eigenvalue weighted by molar-refractivity contribution is 0.527. The molecule has 3 heteroatoms. The second kappa shape index (κ2) is 4.77. The van der Waals surface area contributed by atoms with Gasteiger partial charge in [-0.3, -0.25) is 0 Å². The molecule has 0 bridgehead atoms. The largest absolute Gasteiger partial charge is 0.309 e. The molecule has 0 aliphatic heterocycles. The number of rotatable bonds is 3. The van der Waals surface area contributed by atoms with E-state index in [1.54, 1.807) is 0 Å². The summed E-state index contributed by atoms with van der Waals surface area (Å²) in [7, 11) is 0. The first-order valence-electron chi connectivity index (χ1n) is 5.24. The van der Waals surface area contributed by atoms with Crippen LogP contribution in [0, 0.1) is 6.92 Å². The van der Waals surface area contributed by atoms with Crippen LogP contribution in [0.1, 0.15) is 35.4 Å². The molecule has 0 atom stereocenters. The summed E-state index contributed by atoms with van der Waals surface area (Å²) < 4.78 is 1.26. The summed E-state index contributed by atoms with van der Waals surface area (Å²) >= 11 is 5.44. The van der Waals surface area contributed by atoms with E-state index in [1.165, 1.54) is 39.9 Å². The second-order valence-corrected chi connectivity index (χ2v) is 6.17. The van der Waals surface area contributed by atoms with E-state index in [4.69, 9.17) is 0 Å². The van der Waals surface area contributed by atoms with Crippen LogP contribution < -0.4 is 5.32 Å². The molecule has 0 radical (unpaired) electrons. The van der Waals surface area contributed by atoms with Crippen molar-refractivity contribution in [3.05, 3.63) is 20.3 Å². The molecule has 1 nitrogen and oxygen atoms in total. The normalized spacial score (nSPS) is 17.9. The summed E-state index contributed by atoms with van der Waals surface area (Å²) in [5, 5.41) is 3.63. The molecular weight excluding hydrogens is 258 g/mol. The summed E-state index contributed by atoms with van der Waals surface area (Å²) in [6.07, 6.45) is 5.55. The van der Waals surface area contributed by atoms with Gasteiger partial charge in [-0.15, -0.1) is 11.3 Å². The first-order valence-corrected chi connectivity index (χ1v) is 6.85. The molecule has 1 aliphatic rings. The zero-order valence-corrected chi connectivity index (χ0v) is 10.9. The predicted molar refractivity (Wildman–Crippen MR) is 65.9 cm³/mol. The third kappa shape index (κ3) is 2.59. The first kappa shape index (κ1) is 10.7. The van der Waals surface area contributed by atoms with E-state index in [2.05, 4.69) is 34.2 Å². The number of aryl methyl sites for hydroxylation is 1. The molecule has 0 unspecified atom stereocenters. The van der Waals surface area contributed by atoms with Crippen molar-refractivity contribution in [3.63, 3.8) is 0 Å². The Balaban J connectivity index is 1.85. The second-order valence-electron chi connectivity index (χ2n) is 3.98. The number of hydrogen-bond donors (Lipinski definition) is 1. The molecule has 1 saturated carbocycles. The number of thiophene rings is 1. The number of halogens is 1. The molecule has 1 heterocycles. The van der Waals surface area contributed by atoms with Crippen LogP contribution in [-0.2, 0) is 6.54 Å². The van der Waals surface area contributed by atoms with Gasteiger partial charge in [0, 0.05) is 26.8 Å². The summed E-state index contributed by atoms with van der Waals surface area (Å²) in [5.41, 5.74) is 0. The van der Waals surface area contributed by atoms with Gasteiger partial charge >= 0.3 is 0 Å². The van der Waals surface area contributed by atoms with Crippen molar-refractivity contribution in [1.29, 1.82) is 0 Å². The molecule has 0 spiro atoms. The van der Waals surface area contributed by atoms with Gasteiger partial charge < -0.3 is 5.32 Å². The van der Waals surface area contributed by atoms with Gasteiger partial charge in [-0.2, -0.15) is 0 Å². The van der Waals surface area contributed by atoms with E-state index in [0.717, 1.165) is 12.6 Å². The fourth-order valence-corrected chi connectivity index (χ4v) is 3.53. The minimum Gasteiger partial charge on any atom is -0.309 e. The maximum Gasteiger partial charge on any atom is 0.0314 e. The van der Waals surface area contributed by atoms with Crippen LogP contribution in [-0.4, -0.2) is 6.04 Å². The van der Waals surface area contributed by atoms with Gasteiger partial charge in [0.1, 0.15) is 0 Å². The molecule has 1 aromatic rings. The Bertz CT molecular complexity index is 283. The molecule has 2 rings (SSSR count). The highest BCUT2D eigenvalue weighted by atomic mass is 79.9. The van der Waals surface area contributed by atoms with E-state index in [0.29, 0.717) is 0 Å². The van der Waals surface area contributed by atoms with Crippen LogP contribution in [0.4, 0.5) is 0 Å². The van der Waals surface area contributed by atoms with E-state index >= 15 is 0 Å². The number of nitrogens with one attached hydrogen (secondary N) is 1. The molecule has 14 heavy (non-hydrogen) atoms. The Morgan fingerprint density at radius 1 is 1.50 bits per heavy atom. The molecule has 1 aromatic heterocycles. The Kier molecular flexibility index (Phi) is 3.63. The van der Waals surface area contributed by atoms with Crippen LogP contribution in [0.5, 0.6) is 0 Å². The van der Waals surface area contributed by atoms with Gasteiger partial charge in [-0.1, -0.05) is 12.8 Å². The van der Waals surface area contributed by atoms with Crippen molar-refractivity contribution < 1.29 is 0 Å². The predicted octanol–water partition coefficient (Wildman–Crippen LogP) is 3.85. The highest BCUT2D eigenvalue weighted by molar-refractivity contribution is 9.10. The quantitative estimate of drug-likeness (QED) is 0.882. The molecule has 0 saturated heterocycles. The summed E-state index contributed by atoms with van der Waals surface area (Å²) in [6, 6.07) is 3.01. The lowest BCUT2D eigenvalue weighted by Gasteiger charge is -2.09. The Morgan fingerprint density at radius 3 is 2.79 bits per heavy atom. The van der Waals surface area contributed by atoms with Crippen molar-refractivity contribution in [2.24, 2.45) is 0 Å². The zero-order chi connectivity index (χ0) is 9.97. The Morgan fingerprint density at radius 2 is 2.21 bits per heavy atom. The Hall–Kier alpha value is 0.140. The van der Waals surface area contributed by atoms with Crippen molar-refractivity contribution in [3.8, 4) is 0 Å². The van der Waals surface area contributed by atoms with E-state index in [9.17, 15) is 0 Å². The average molecular weight is 274 g/mol. The highest BCUT2D eigenvalue weighted by Crippen LogP contribution is 2.26. The van der Waals surface area contributed by atoms with Crippen molar-refractivity contribution >= 4 is 27.3 Å². The lowest BCUT2D eigenvalue weighted by Crippen LogP contribution is -2.24. The van der Waals surface area contributed by atoms with Gasteiger partial charge in [-0.25, -0.2) is 0 Å². The van der Waals surface area contributed by atoms with Crippen molar-refractivity contribution in [1.82, 2.24) is 5.32 Å². The van der Waals surface area contributed by atoms with Crippen LogP contribution in [0.25, 0.3) is 0 Å². The summed E-state index contributed by atoms with van der Waals surface area (Å²) in [6.45, 7) is 3.20. The SMILES string of the molecule is Cc1sc(CNC2CCCC2)cc1Br. The van der Waals surface area contributed by atoms with E-state index < -0.39 is 0 Å². The molecule has 1 N–H and O–H groups in total. The third-order valence-corrected chi connectivity index (χ3v) is 4.96. The topological polar surface area (TPSA) is 12.0 Å². The standard InChI is InChI=1S/C11H16BrNS/c1-8-11(12)6-10(14-8)7-13-9-4-2-3-5-9/h6,9,13H,2-5,7H2,1H3. The fraction of sp³-hybridized carbons (Fsp3) is 0.636. The monoisotopic (exact) mass is 273 g/mol. The van der Waals surface area contributed by atoms with Crippen molar-refractivity contribution in [2.45, 2.75) is 45.2 Å². The minimum absolute atomic E-state index is 0.774. The zero-order valence-electron chi connectivity index (χ0n) is 8.48. The highest BCUT2D eigenvalue weighted by Gasteiger charge is 2.14. The molecular formula is C11H16BrNS. The van der Waals surface area contributed by atoms with Crippen LogP contribution in [0.15, 0.2) is 10.5 Å². The number of hydrogen-bond acceptors (Lipinski definition) is 2. The average Bonchev–Trinajstić information content (AvgIpc) is 2.74. The van der Waals surface area contributed by atoms with E-state index in [-0.39, 0.29) is 0 Å². The first-order chi connectivity index (χ1) is 6.75. The van der Waals surface area contributed by atoms with Crippen LogP contribution >= 0.6 is 27.3 Å². The van der Waals surface area contributed by atoms with Crippen LogP contribution in [0.3, 0.4) is 0 Å². The van der Waals surface area contributed by atoms with Crippen LogP contribution in [0.2, 0.25) is 0 Å². The molecule has 0 aromatic carbocycles. The Labute approximate surface area is 98.0 Å². The molecule has 1 aliphatic carbocycles. The van der Waals surface area contributed by atoms with Crippen molar-refractivity contribution in [2.75, 3.05) is 0 Å².